The molecule has 0 saturated carbocycles. The molecule has 2 nitrogen and oxygen atoms in total. The average Bonchev–Trinajstić information content (AvgIpc) is 2.44. The fraction of sp³-hybridized carbons (Fsp3) is 0.600. The van der Waals surface area contributed by atoms with Crippen molar-refractivity contribution in [2.75, 3.05) is 32.0 Å². The van der Waals surface area contributed by atoms with Gasteiger partial charge in [0.25, 0.3) is 0 Å². The van der Waals surface area contributed by atoms with E-state index in [0.29, 0.717) is 17.2 Å². The second kappa shape index (κ2) is 9.33. The number of thioether (sulfide) groups is 1. The number of benzene rings is 1. The quantitative estimate of drug-likeness (QED) is 0.698. The molecule has 0 bridgehead atoms. The number of unbranched alkanes of at least 4 members (excludes halogenated alkanes) is 1. The Kier molecular flexibility index (Phi) is 8.14. The van der Waals surface area contributed by atoms with Crippen LogP contribution < -0.4 is 0 Å². The highest BCUT2D eigenvalue weighted by Crippen LogP contribution is 2.31. The molecule has 0 amide bonds. The van der Waals surface area contributed by atoms with Gasteiger partial charge in [-0.2, -0.15) is 13.2 Å². The number of nitrogens with zero attached hydrogens (tertiary/aromatic N) is 1. The third-order valence-corrected chi connectivity index (χ3v) is 4.06. The van der Waals surface area contributed by atoms with Crippen LogP contribution in [0.4, 0.5) is 13.2 Å². The van der Waals surface area contributed by atoms with Gasteiger partial charge in [0.05, 0.1) is 12.2 Å². The lowest BCUT2D eigenvalue weighted by atomic mass is 10.2. The zero-order chi connectivity index (χ0) is 15.7. The first-order valence-corrected chi connectivity index (χ1v) is 8.09. The molecule has 6 heteroatoms. The molecule has 1 aromatic carbocycles. The van der Waals surface area contributed by atoms with Gasteiger partial charge in [-0.05, 0) is 31.2 Å². The lowest BCUT2D eigenvalue weighted by Gasteiger charge is -2.20. The highest BCUT2D eigenvalue weighted by atomic mass is 32.2. The molecule has 1 aromatic rings. The van der Waals surface area contributed by atoms with Crippen LogP contribution in [-0.2, 0) is 6.18 Å². The third-order valence-electron chi connectivity index (χ3n) is 3.08. The van der Waals surface area contributed by atoms with Gasteiger partial charge in [-0.25, -0.2) is 0 Å². The SMILES string of the molecule is CCCCN(CCO)CCSc1cccc(C(F)(F)F)c1. The van der Waals surface area contributed by atoms with Crippen molar-refractivity contribution in [2.24, 2.45) is 0 Å². The summed E-state index contributed by atoms with van der Waals surface area (Å²) < 4.78 is 37.8. The van der Waals surface area contributed by atoms with E-state index in [2.05, 4.69) is 11.8 Å². The topological polar surface area (TPSA) is 23.5 Å². The van der Waals surface area contributed by atoms with Crippen LogP contribution in [0.2, 0.25) is 0 Å². The maximum absolute atomic E-state index is 12.6. The molecule has 21 heavy (non-hydrogen) atoms. The van der Waals surface area contributed by atoms with Crippen LogP contribution in [0, 0.1) is 0 Å². The molecule has 0 saturated heterocycles. The van der Waals surface area contributed by atoms with Crippen molar-refractivity contribution in [3.8, 4) is 0 Å². The van der Waals surface area contributed by atoms with Crippen LogP contribution in [0.1, 0.15) is 25.3 Å². The number of hydrogen-bond acceptors (Lipinski definition) is 3. The van der Waals surface area contributed by atoms with Gasteiger partial charge >= 0.3 is 6.18 Å². The van der Waals surface area contributed by atoms with Crippen molar-refractivity contribution in [1.29, 1.82) is 0 Å². The number of aliphatic hydroxyl groups excluding tert-OH is 1. The summed E-state index contributed by atoms with van der Waals surface area (Å²) in [7, 11) is 0. The molecule has 0 atom stereocenters. The minimum Gasteiger partial charge on any atom is -0.395 e. The van der Waals surface area contributed by atoms with E-state index in [1.807, 2.05) is 0 Å². The normalized spacial score (nSPS) is 12.1. The second-order valence-corrected chi connectivity index (χ2v) is 5.96. The first-order valence-electron chi connectivity index (χ1n) is 7.10. The Morgan fingerprint density at radius 2 is 1.95 bits per heavy atom. The number of halogens is 3. The zero-order valence-corrected chi connectivity index (χ0v) is 13.0. The fourth-order valence-corrected chi connectivity index (χ4v) is 2.88. The highest BCUT2D eigenvalue weighted by molar-refractivity contribution is 7.99. The van der Waals surface area contributed by atoms with Gasteiger partial charge in [-0.15, -0.1) is 11.8 Å². The summed E-state index contributed by atoms with van der Waals surface area (Å²) >= 11 is 1.42. The van der Waals surface area contributed by atoms with E-state index in [0.717, 1.165) is 32.0 Å². The minimum atomic E-state index is -4.29. The van der Waals surface area contributed by atoms with Crippen LogP contribution in [-0.4, -0.2) is 42.0 Å². The molecular weight excluding hydrogens is 299 g/mol. The van der Waals surface area contributed by atoms with Crippen LogP contribution >= 0.6 is 11.8 Å². The van der Waals surface area contributed by atoms with E-state index >= 15 is 0 Å². The monoisotopic (exact) mass is 321 g/mol. The summed E-state index contributed by atoms with van der Waals surface area (Å²) in [6.07, 6.45) is -2.14. The molecule has 0 heterocycles. The van der Waals surface area contributed by atoms with Gasteiger partial charge in [-0.3, -0.25) is 0 Å². The summed E-state index contributed by atoms with van der Waals surface area (Å²) in [5.74, 6) is 0.713. The first-order chi connectivity index (χ1) is 9.97. The fourth-order valence-electron chi connectivity index (χ4n) is 1.91. The van der Waals surface area contributed by atoms with Gasteiger partial charge in [0.15, 0.2) is 0 Å². The zero-order valence-electron chi connectivity index (χ0n) is 12.2. The molecule has 0 aromatic heterocycles. The second-order valence-electron chi connectivity index (χ2n) is 4.79. The lowest BCUT2D eigenvalue weighted by molar-refractivity contribution is -0.137. The number of alkyl halides is 3. The molecule has 0 aliphatic rings. The molecular formula is C15H22F3NOS. The number of hydrogen-bond donors (Lipinski definition) is 1. The van der Waals surface area contributed by atoms with Crippen LogP contribution in [0.5, 0.6) is 0 Å². The summed E-state index contributed by atoms with van der Waals surface area (Å²) in [4.78, 5) is 2.77. The molecule has 120 valence electrons. The maximum atomic E-state index is 12.6. The largest absolute Gasteiger partial charge is 0.416 e. The van der Waals surface area contributed by atoms with Crippen molar-refractivity contribution < 1.29 is 18.3 Å². The molecule has 0 aliphatic heterocycles. The van der Waals surface area contributed by atoms with Crippen molar-refractivity contribution in [3.05, 3.63) is 29.8 Å². The van der Waals surface area contributed by atoms with Gasteiger partial charge in [0.1, 0.15) is 0 Å². The lowest BCUT2D eigenvalue weighted by Crippen LogP contribution is -2.30. The van der Waals surface area contributed by atoms with Gasteiger partial charge in [-0.1, -0.05) is 19.4 Å². The summed E-state index contributed by atoms with van der Waals surface area (Å²) in [6.45, 7) is 4.51. The standard InChI is InChI=1S/C15H22F3NOS/c1-2-3-7-19(8-10-20)9-11-21-14-6-4-5-13(12-14)15(16,17)18/h4-6,12,20H,2-3,7-11H2,1H3. The maximum Gasteiger partial charge on any atom is 0.416 e. The van der Waals surface area contributed by atoms with E-state index < -0.39 is 11.7 Å². The van der Waals surface area contributed by atoms with Crippen molar-refractivity contribution >= 4 is 11.8 Å². The van der Waals surface area contributed by atoms with Crippen molar-refractivity contribution in [1.82, 2.24) is 4.90 Å². The van der Waals surface area contributed by atoms with E-state index in [4.69, 9.17) is 5.11 Å². The summed E-state index contributed by atoms with van der Waals surface area (Å²) in [6, 6.07) is 5.41. The van der Waals surface area contributed by atoms with Crippen LogP contribution in [0.3, 0.4) is 0 Å². The smallest absolute Gasteiger partial charge is 0.395 e. The molecule has 1 rings (SSSR count). The minimum absolute atomic E-state index is 0.109. The number of aliphatic hydroxyl groups is 1. The van der Waals surface area contributed by atoms with Gasteiger partial charge in [0.2, 0.25) is 0 Å². The Bertz CT molecular complexity index is 412. The summed E-state index contributed by atoms with van der Waals surface area (Å²) in [5, 5.41) is 9.00. The van der Waals surface area contributed by atoms with Crippen molar-refractivity contribution in [3.63, 3.8) is 0 Å². The number of rotatable bonds is 9. The molecule has 0 radical (unpaired) electrons. The van der Waals surface area contributed by atoms with E-state index in [1.165, 1.54) is 23.9 Å². The molecule has 0 unspecified atom stereocenters. The predicted octanol–water partition coefficient (Wildman–Crippen LogP) is 3.89. The summed E-state index contributed by atoms with van der Waals surface area (Å²) in [5.41, 5.74) is -0.606. The Labute approximate surface area is 128 Å². The van der Waals surface area contributed by atoms with E-state index in [9.17, 15) is 13.2 Å². The third kappa shape index (κ3) is 7.20. The molecule has 0 spiro atoms. The Balaban J connectivity index is 2.47. The Morgan fingerprint density at radius 1 is 1.19 bits per heavy atom. The first kappa shape index (κ1) is 18.3. The highest BCUT2D eigenvalue weighted by Gasteiger charge is 2.30. The Hall–Kier alpha value is -0.720. The van der Waals surface area contributed by atoms with Crippen LogP contribution in [0.25, 0.3) is 0 Å². The molecule has 0 aliphatic carbocycles. The van der Waals surface area contributed by atoms with Gasteiger partial charge in [0, 0.05) is 23.7 Å². The molecule has 0 fully saturated rings. The Morgan fingerprint density at radius 3 is 2.57 bits per heavy atom. The predicted molar refractivity (Wildman–Crippen MR) is 80.6 cm³/mol. The average molecular weight is 321 g/mol. The van der Waals surface area contributed by atoms with Crippen LogP contribution in [0.15, 0.2) is 29.2 Å². The molecule has 1 N–H and O–H groups in total. The van der Waals surface area contributed by atoms with E-state index in [1.54, 1.807) is 6.07 Å². The van der Waals surface area contributed by atoms with Gasteiger partial charge < -0.3 is 10.0 Å². The van der Waals surface area contributed by atoms with E-state index in [-0.39, 0.29) is 6.61 Å². The van der Waals surface area contributed by atoms with Crippen molar-refractivity contribution in [2.45, 2.75) is 30.8 Å².